The number of hydrogen-bond acceptors (Lipinski definition) is 3. The minimum absolute atomic E-state index is 0. The van der Waals surface area contributed by atoms with E-state index < -0.39 is 8.07 Å². The molecule has 0 saturated carbocycles. The number of aromatic nitrogens is 3. The molecule has 3 heterocycles. The molecule has 6 heteroatoms. The normalized spacial score (nSPS) is 11.7. The van der Waals surface area contributed by atoms with Crippen molar-refractivity contribution >= 4 is 45.7 Å². The van der Waals surface area contributed by atoms with Crippen LogP contribution in [0.3, 0.4) is 0 Å². The molecule has 1 radical (unpaired) electrons. The number of hydrogen-bond donors (Lipinski definition) is 0. The molecule has 0 saturated heterocycles. The van der Waals surface area contributed by atoms with Gasteiger partial charge in [-0.15, -0.1) is 47.3 Å². The smallest absolute Gasteiger partial charge is 0.0798 e. The summed E-state index contributed by atoms with van der Waals surface area (Å²) in [6.45, 7) is 23.1. The van der Waals surface area contributed by atoms with Gasteiger partial charge in [-0.2, -0.15) is 0 Å². The van der Waals surface area contributed by atoms with Crippen molar-refractivity contribution in [2.24, 2.45) is 5.92 Å². The standard InChI is InChI=1S/C34H31N2S.C18H24NSi.Ir/c1-21(2)27-18-25(24-13-7-6-8-14-24)19-28(22(3)4)32(27)36-31-17-10-9-16-30(31)35-34(36)29-20-37-33-23(5)12-11-15-26(29)33;1-14(2)11-16-12-17(15-9-7-6-8-10-15)19-13-18(16)20(3,4)5;/h6-19,21-22H,1-5H3;6-9,12-14H,11H2,1-5H3;/q2*-1;. The number of benzene rings is 5. The maximum atomic E-state index is 5.23. The van der Waals surface area contributed by atoms with Crippen LogP contribution < -0.4 is 5.19 Å². The van der Waals surface area contributed by atoms with Gasteiger partial charge in [-0.3, -0.25) is 16.3 Å². The molecule has 3 nitrogen and oxygen atoms in total. The van der Waals surface area contributed by atoms with E-state index in [-0.39, 0.29) is 20.1 Å². The molecule has 0 unspecified atom stereocenters. The molecular formula is C52H55IrN3SSi-2. The Morgan fingerprint density at radius 2 is 1.41 bits per heavy atom. The van der Waals surface area contributed by atoms with Crippen molar-refractivity contribution in [3.63, 3.8) is 0 Å². The third kappa shape index (κ3) is 9.06. The van der Waals surface area contributed by atoms with Crippen LogP contribution in [0.1, 0.15) is 75.6 Å². The average Bonchev–Trinajstić information content (AvgIpc) is 3.80. The zero-order valence-electron chi connectivity index (χ0n) is 35.6. The first-order chi connectivity index (χ1) is 27.3. The van der Waals surface area contributed by atoms with E-state index in [0.717, 1.165) is 40.1 Å². The van der Waals surface area contributed by atoms with Crippen molar-refractivity contribution in [3.8, 4) is 39.5 Å². The maximum Gasteiger partial charge on any atom is 0.0798 e. The average molecular weight is 974 g/mol. The van der Waals surface area contributed by atoms with Gasteiger partial charge in [0.15, 0.2) is 0 Å². The van der Waals surface area contributed by atoms with Crippen molar-refractivity contribution in [1.29, 1.82) is 0 Å². The van der Waals surface area contributed by atoms with Crippen LogP contribution in [0.25, 0.3) is 60.6 Å². The quantitative estimate of drug-likeness (QED) is 0.107. The Bertz CT molecular complexity index is 2600. The van der Waals surface area contributed by atoms with Crippen molar-refractivity contribution in [1.82, 2.24) is 14.5 Å². The van der Waals surface area contributed by atoms with E-state index in [4.69, 9.17) is 4.98 Å². The predicted octanol–water partition coefficient (Wildman–Crippen LogP) is 14.2. The van der Waals surface area contributed by atoms with Crippen molar-refractivity contribution < 1.29 is 20.1 Å². The Morgan fingerprint density at radius 3 is 2.05 bits per heavy atom. The minimum atomic E-state index is -1.34. The Labute approximate surface area is 365 Å². The summed E-state index contributed by atoms with van der Waals surface area (Å²) < 4.78 is 3.69. The van der Waals surface area contributed by atoms with E-state index in [1.165, 1.54) is 54.3 Å². The van der Waals surface area contributed by atoms with Gasteiger partial charge in [-0.1, -0.05) is 149 Å². The Kier molecular flexibility index (Phi) is 13.5. The van der Waals surface area contributed by atoms with Gasteiger partial charge in [-0.05, 0) is 88.5 Å². The summed E-state index contributed by atoms with van der Waals surface area (Å²) in [5.41, 5.74) is 14.6. The molecule has 0 atom stereocenters. The van der Waals surface area contributed by atoms with Crippen LogP contribution in [-0.2, 0) is 26.5 Å². The number of thiophene rings is 1. The molecule has 8 aromatic rings. The first-order valence-corrected chi connectivity index (χ1v) is 24.7. The van der Waals surface area contributed by atoms with Crippen LogP contribution >= 0.6 is 11.3 Å². The fraction of sp³-hybridized carbons (Fsp3) is 0.269. The molecule has 0 aliphatic carbocycles. The molecule has 0 fully saturated rings. The van der Waals surface area contributed by atoms with Crippen LogP contribution in [0.15, 0.2) is 121 Å². The van der Waals surface area contributed by atoms with Crippen LogP contribution in [-0.4, -0.2) is 22.6 Å². The zero-order valence-corrected chi connectivity index (χ0v) is 39.8. The molecule has 3 aromatic heterocycles. The Morgan fingerprint density at radius 1 is 0.741 bits per heavy atom. The van der Waals surface area contributed by atoms with E-state index in [1.54, 1.807) is 11.3 Å². The first kappa shape index (κ1) is 43.1. The van der Waals surface area contributed by atoms with Crippen molar-refractivity contribution in [2.75, 3.05) is 0 Å². The van der Waals surface area contributed by atoms with Gasteiger partial charge in [0, 0.05) is 32.0 Å². The third-order valence-electron chi connectivity index (χ3n) is 10.7. The molecular weight excluding hydrogens is 919 g/mol. The number of rotatable bonds is 9. The summed E-state index contributed by atoms with van der Waals surface area (Å²) in [7, 11) is -1.34. The third-order valence-corrected chi connectivity index (χ3v) is 13.8. The van der Waals surface area contributed by atoms with E-state index in [1.807, 2.05) is 18.2 Å². The van der Waals surface area contributed by atoms with Gasteiger partial charge in [0.05, 0.1) is 24.9 Å². The second kappa shape index (κ2) is 18.2. The summed E-state index contributed by atoms with van der Waals surface area (Å²) in [5, 5.41) is 6.35. The van der Waals surface area contributed by atoms with Gasteiger partial charge < -0.3 is 9.55 Å². The number of imidazole rings is 1. The number of aryl methyl sites for hydroxylation is 1. The summed E-state index contributed by atoms with van der Waals surface area (Å²) in [6, 6.07) is 44.2. The van der Waals surface area contributed by atoms with E-state index in [0.29, 0.717) is 17.8 Å². The molecule has 8 rings (SSSR count). The largest absolute Gasteiger partial charge is 0.333 e. The minimum Gasteiger partial charge on any atom is -0.333 e. The van der Waals surface area contributed by atoms with E-state index >= 15 is 0 Å². The number of para-hydroxylation sites is 2. The summed E-state index contributed by atoms with van der Waals surface area (Å²) in [6.07, 6.45) is 3.24. The SMILES string of the molecule is CC(C)Cc1cc(-c2[c-]cccc2)ncc1[Si](C)(C)C.Cc1cccc2c(-c3nc4ccccc4n3-c3c(C(C)C)cc(-c4ccccc4)cc3C(C)C)[c-]sc12.[Ir]. The molecule has 58 heavy (non-hydrogen) atoms. The molecule has 0 bridgehead atoms. The first-order valence-electron chi connectivity index (χ1n) is 20.4. The second-order valence-corrected chi connectivity index (χ2v) is 23.2. The predicted molar refractivity (Wildman–Crippen MR) is 249 cm³/mol. The second-order valence-electron chi connectivity index (χ2n) is 17.3. The fourth-order valence-corrected chi connectivity index (χ4v) is 10.3. The topological polar surface area (TPSA) is 30.7 Å². The van der Waals surface area contributed by atoms with Crippen LogP contribution in [0, 0.1) is 24.3 Å². The Balaban J connectivity index is 0.000000230. The van der Waals surface area contributed by atoms with Crippen LogP contribution in [0.5, 0.6) is 0 Å². The summed E-state index contributed by atoms with van der Waals surface area (Å²) in [5.74, 6) is 2.32. The van der Waals surface area contributed by atoms with Crippen molar-refractivity contribution in [2.45, 2.75) is 86.4 Å². The number of fused-ring (bicyclic) bond motifs is 2. The van der Waals surface area contributed by atoms with Gasteiger partial charge in [0.25, 0.3) is 0 Å². The zero-order chi connectivity index (χ0) is 40.4. The Hall–Kier alpha value is -4.45. The number of pyridine rings is 1. The molecule has 299 valence electrons. The van der Waals surface area contributed by atoms with Gasteiger partial charge in [0.1, 0.15) is 0 Å². The molecule has 0 spiro atoms. The van der Waals surface area contributed by atoms with Crippen molar-refractivity contribution in [3.05, 3.63) is 155 Å². The molecule has 0 amide bonds. The molecule has 0 N–H and O–H groups in total. The molecule has 0 aliphatic heterocycles. The van der Waals surface area contributed by atoms with Crippen LogP contribution in [0.4, 0.5) is 0 Å². The van der Waals surface area contributed by atoms with E-state index in [9.17, 15) is 0 Å². The van der Waals surface area contributed by atoms with Gasteiger partial charge in [-0.25, -0.2) is 0 Å². The monoisotopic (exact) mass is 974 g/mol. The van der Waals surface area contributed by atoms with Crippen LogP contribution in [0.2, 0.25) is 19.6 Å². The maximum absolute atomic E-state index is 5.23. The molecule has 0 aliphatic rings. The summed E-state index contributed by atoms with van der Waals surface area (Å²) in [4.78, 5) is 9.92. The number of nitrogens with zero attached hydrogens (tertiary/aromatic N) is 3. The van der Waals surface area contributed by atoms with E-state index in [2.05, 4.69) is 192 Å². The van der Waals surface area contributed by atoms with Gasteiger partial charge in [0.2, 0.25) is 0 Å². The summed E-state index contributed by atoms with van der Waals surface area (Å²) >= 11 is 1.69. The fourth-order valence-electron chi connectivity index (χ4n) is 7.82. The molecule has 5 aromatic carbocycles. The van der Waals surface area contributed by atoms with Gasteiger partial charge >= 0.3 is 0 Å².